The second-order valence-corrected chi connectivity index (χ2v) is 6.60. The molecule has 1 aliphatic rings. The number of rotatable bonds is 5. The summed E-state index contributed by atoms with van der Waals surface area (Å²) in [4.78, 5) is 26.9. The number of hydrogen-bond acceptors (Lipinski definition) is 6. The molecule has 0 aliphatic carbocycles. The Morgan fingerprint density at radius 1 is 1.52 bits per heavy atom. The lowest BCUT2D eigenvalue weighted by molar-refractivity contribution is -0.145. The molecule has 1 heterocycles. The third-order valence-corrected chi connectivity index (χ3v) is 4.28. The molecule has 122 valence electrons. The van der Waals surface area contributed by atoms with E-state index in [9.17, 15) is 9.59 Å². The van der Waals surface area contributed by atoms with E-state index in [2.05, 4.69) is 20.9 Å². The molecular formula is C14H12BrClN2O4S. The number of nitrogens with zero attached hydrogens (tertiary/aromatic N) is 1. The van der Waals surface area contributed by atoms with E-state index >= 15 is 0 Å². The number of esters is 1. The lowest BCUT2D eigenvalue weighted by atomic mass is 10.2. The van der Waals surface area contributed by atoms with Crippen molar-refractivity contribution >= 4 is 62.4 Å². The van der Waals surface area contributed by atoms with E-state index in [1.807, 2.05) is 0 Å². The van der Waals surface area contributed by atoms with Gasteiger partial charge in [-0.2, -0.15) is 4.99 Å². The van der Waals surface area contributed by atoms with Gasteiger partial charge in [-0.15, -0.1) is 0 Å². The van der Waals surface area contributed by atoms with Crippen molar-refractivity contribution in [2.45, 2.75) is 6.92 Å². The average Bonchev–Trinajstić information content (AvgIpc) is 2.76. The Morgan fingerprint density at radius 2 is 2.26 bits per heavy atom. The molecule has 0 saturated carbocycles. The summed E-state index contributed by atoms with van der Waals surface area (Å²) in [6.07, 6.45) is 1.63. The fourth-order valence-corrected chi connectivity index (χ4v) is 3.38. The Balaban J connectivity index is 2.16. The first-order valence-corrected chi connectivity index (χ1v) is 8.45. The lowest BCUT2D eigenvalue weighted by Crippen LogP contribution is -2.14. The van der Waals surface area contributed by atoms with Crippen molar-refractivity contribution in [2.24, 2.45) is 10.7 Å². The van der Waals surface area contributed by atoms with Crippen LogP contribution in [0, 0.1) is 0 Å². The SMILES string of the molecule is CCOC(=O)COc1c(Cl)cc(C=C2SC(N)=NC2=O)cc1Br. The second-order valence-electron chi connectivity index (χ2n) is 4.27. The highest BCUT2D eigenvalue weighted by Gasteiger charge is 2.20. The van der Waals surface area contributed by atoms with E-state index in [0.29, 0.717) is 25.7 Å². The minimum atomic E-state index is -0.484. The highest BCUT2D eigenvalue weighted by atomic mass is 79.9. The number of carbonyl (C=O) groups is 2. The molecule has 0 atom stereocenters. The van der Waals surface area contributed by atoms with Crippen molar-refractivity contribution in [3.05, 3.63) is 32.1 Å². The number of nitrogens with two attached hydrogens (primary N) is 1. The van der Waals surface area contributed by atoms with E-state index in [4.69, 9.17) is 26.8 Å². The zero-order valence-corrected chi connectivity index (χ0v) is 15.1. The van der Waals surface area contributed by atoms with Gasteiger partial charge in [0.15, 0.2) is 17.5 Å². The Hall–Kier alpha value is -1.51. The van der Waals surface area contributed by atoms with E-state index in [1.54, 1.807) is 25.1 Å². The fourth-order valence-electron chi connectivity index (χ4n) is 1.71. The molecule has 6 nitrogen and oxygen atoms in total. The summed E-state index contributed by atoms with van der Waals surface area (Å²) in [5.74, 6) is -0.548. The van der Waals surface area contributed by atoms with Gasteiger partial charge in [0, 0.05) is 0 Å². The van der Waals surface area contributed by atoms with Crippen LogP contribution < -0.4 is 10.5 Å². The lowest BCUT2D eigenvalue weighted by Gasteiger charge is -2.10. The van der Waals surface area contributed by atoms with Crippen LogP contribution in [0.3, 0.4) is 0 Å². The van der Waals surface area contributed by atoms with Crippen LogP contribution in [-0.4, -0.2) is 30.3 Å². The minimum Gasteiger partial charge on any atom is -0.479 e. The van der Waals surface area contributed by atoms with Gasteiger partial charge in [-0.05, 0) is 58.4 Å². The molecule has 1 aromatic carbocycles. The fraction of sp³-hybridized carbons (Fsp3) is 0.214. The molecule has 2 N–H and O–H groups in total. The Labute approximate surface area is 150 Å². The first kappa shape index (κ1) is 17.8. The first-order chi connectivity index (χ1) is 10.9. The Kier molecular flexibility index (Phi) is 6.09. The standard InChI is InChI=1S/C14H12BrClN2O4S/c1-2-21-11(19)6-22-12-8(15)3-7(4-9(12)16)5-10-13(20)18-14(17)23-10/h3-5H,2,6H2,1H3,(H2,17,18,20). The van der Waals surface area contributed by atoms with Gasteiger partial charge in [-0.25, -0.2) is 4.79 Å². The van der Waals surface area contributed by atoms with E-state index in [-0.39, 0.29) is 24.3 Å². The van der Waals surface area contributed by atoms with Crippen molar-refractivity contribution < 1.29 is 19.1 Å². The number of benzene rings is 1. The van der Waals surface area contributed by atoms with Crippen LogP contribution in [0.2, 0.25) is 5.02 Å². The summed E-state index contributed by atoms with van der Waals surface area (Å²) in [6, 6.07) is 3.32. The van der Waals surface area contributed by atoms with Crippen LogP contribution in [0.5, 0.6) is 5.75 Å². The number of thioether (sulfide) groups is 1. The summed E-state index contributed by atoms with van der Waals surface area (Å²) in [5.41, 5.74) is 6.17. The van der Waals surface area contributed by atoms with Gasteiger partial charge in [0.1, 0.15) is 0 Å². The smallest absolute Gasteiger partial charge is 0.344 e. The number of amides is 1. The summed E-state index contributed by atoms with van der Waals surface area (Å²) in [6.45, 7) is 1.74. The molecule has 0 fully saturated rings. The van der Waals surface area contributed by atoms with Crippen LogP contribution >= 0.6 is 39.3 Å². The predicted octanol–water partition coefficient (Wildman–Crippen LogP) is 2.97. The molecule has 2 rings (SSSR count). The van der Waals surface area contributed by atoms with Crippen LogP contribution in [0.15, 0.2) is 26.5 Å². The van der Waals surface area contributed by atoms with Gasteiger partial charge >= 0.3 is 5.97 Å². The number of aliphatic imine (C=N–C) groups is 1. The van der Waals surface area contributed by atoms with Gasteiger partial charge in [0.25, 0.3) is 5.91 Å². The molecule has 0 aromatic heterocycles. The van der Waals surface area contributed by atoms with Gasteiger partial charge in [0.2, 0.25) is 0 Å². The Morgan fingerprint density at radius 3 is 2.83 bits per heavy atom. The van der Waals surface area contributed by atoms with Gasteiger partial charge < -0.3 is 15.2 Å². The van der Waals surface area contributed by atoms with Crippen LogP contribution in [0.4, 0.5) is 0 Å². The average molecular weight is 420 g/mol. The topological polar surface area (TPSA) is 91.0 Å². The molecule has 23 heavy (non-hydrogen) atoms. The quantitative estimate of drug-likeness (QED) is 0.583. The maximum Gasteiger partial charge on any atom is 0.344 e. The maximum atomic E-state index is 11.6. The van der Waals surface area contributed by atoms with E-state index in [0.717, 1.165) is 11.8 Å². The zero-order chi connectivity index (χ0) is 17.0. The monoisotopic (exact) mass is 418 g/mol. The number of amidine groups is 1. The zero-order valence-electron chi connectivity index (χ0n) is 12.0. The van der Waals surface area contributed by atoms with Crippen molar-refractivity contribution in [2.75, 3.05) is 13.2 Å². The molecule has 0 radical (unpaired) electrons. The number of hydrogen-bond donors (Lipinski definition) is 1. The molecular weight excluding hydrogens is 408 g/mol. The van der Waals surface area contributed by atoms with Crippen molar-refractivity contribution in [3.63, 3.8) is 0 Å². The maximum absolute atomic E-state index is 11.6. The summed E-state index contributed by atoms with van der Waals surface area (Å²) < 4.78 is 10.7. The predicted molar refractivity (Wildman–Crippen MR) is 93.5 cm³/mol. The minimum absolute atomic E-state index is 0.209. The summed E-state index contributed by atoms with van der Waals surface area (Å²) >= 11 is 10.6. The number of ether oxygens (including phenoxy) is 2. The third-order valence-electron chi connectivity index (χ3n) is 2.60. The Bertz CT molecular complexity index is 698. The van der Waals surface area contributed by atoms with E-state index < -0.39 is 5.97 Å². The van der Waals surface area contributed by atoms with Gasteiger partial charge in [0.05, 0.1) is 21.0 Å². The highest BCUT2D eigenvalue weighted by molar-refractivity contribution is 9.10. The largest absolute Gasteiger partial charge is 0.479 e. The molecule has 1 amide bonds. The highest BCUT2D eigenvalue weighted by Crippen LogP contribution is 2.36. The molecule has 1 aromatic rings. The molecule has 0 bridgehead atoms. The summed E-state index contributed by atoms with van der Waals surface area (Å²) in [7, 11) is 0. The van der Waals surface area contributed by atoms with Gasteiger partial charge in [-0.3, -0.25) is 4.79 Å². The van der Waals surface area contributed by atoms with Crippen molar-refractivity contribution in [1.29, 1.82) is 0 Å². The first-order valence-electron chi connectivity index (χ1n) is 6.46. The van der Waals surface area contributed by atoms with Crippen LogP contribution in [0.1, 0.15) is 12.5 Å². The molecule has 0 unspecified atom stereocenters. The molecule has 1 aliphatic heterocycles. The van der Waals surface area contributed by atoms with E-state index in [1.165, 1.54) is 0 Å². The van der Waals surface area contributed by atoms with Crippen LogP contribution in [-0.2, 0) is 14.3 Å². The van der Waals surface area contributed by atoms with Crippen molar-refractivity contribution in [1.82, 2.24) is 0 Å². The number of halogens is 2. The molecule has 0 saturated heterocycles. The van der Waals surface area contributed by atoms with Gasteiger partial charge in [-0.1, -0.05) is 11.6 Å². The van der Waals surface area contributed by atoms with Crippen LogP contribution in [0.25, 0.3) is 6.08 Å². The summed E-state index contributed by atoms with van der Waals surface area (Å²) in [5, 5.41) is 0.501. The van der Waals surface area contributed by atoms with Crippen molar-refractivity contribution in [3.8, 4) is 5.75 Å². The molecule has 9 heteroatoms. The third kappa shape index (κ3) is 4.73. The normalized spacial score (nSPS) is 15.7. The number of carbonyl (C=O) groups excluding carboxylic acids is 2. The second kappa shape index (κ2) is 7.85. The molecule has 0 spiro atoms.